The van der Waals surface area contributed by atoms with Crippen LogP contribution in [0.5, 0.6) is 0 Å². The number of H-pyrrole nitrogens is 1. The number of aromatic amines is 1. The van der Waals surface area contributed by atoms with Gasteiger partial charge >= 0.3 is 0 Å². The van der Waals surface area contributed by atoms with Crippen LogP contribution in [-0.4, -0.2) is 20.9 Å². The van der Waals surface area contributed by atoms with Gasteiger partial charge in [0.05, 0.1) is 0 Å². The zero-order chi connectivity index (χ0) is 12.3. The summed E-state index contributed by atoms with van der Waals surface area (Å²) in [6.07, 6.45) is 1.83. The molecule has 0 bridgehead atoms. The van der Waals surface area contributed by atoms with E-state index in [0.717, 1.165) is 32.9 Å². The van der Waals surface area contributed by atoms with Crippen LogP contribution in [0.25, 0.3) is 11.4 Å². The standard InChI is InChI=1S/C12H12ClN3S/c1-3-6-17-12-14-11(15-16-12)10-5-4-9(13)7-8(10)2/h3-5,7H,1,6H2,2H3,(H,14,15,16). The SMILES string of the molecule is C=CCSc1n[nH]c(-c2ccc(Cl)cc2C)n1. The molecule has 0 saturated heterocycles. The molecule has 0 aliphatic heterocycles. The summed E-state index contributed by atoms with van der Waals surface area (Å²) < 4.78 is 0. The molecule has 0 radical (unpaired) electrons. The van der Waals surface area contributed by atoms with Gasteiger partial charge in [-0.1, -0.05) is 29.4 Å². The Morgan fingerprint density at radius 1 is 1.53 bits per heavy atom. The lowest BCUT2D eigenvalue weighted by molar-refractivity contribution is 0.975. The van der Waals surface area contributed by atoms with Crippen LogP contribution in [0.2, 0.25) is 5.02 Å². The third kappa shape index (κ3) is 2.90. The Bertz CT molecular complexity index is 536. The first-order valence-electron chi connectivity index (χ1n) is 5.13. The second-order valence-corrected chi connectivity index (χ2v) is 4.95. The number of thioether (sulfide) groups is 1. The Kier molecular flexibility index (Phi) is 3.86. The Balaban J connectivity index is 2.27. The van der Waals surface area contributed by atoms with E-state index in [-0.39, 0.29) is 0 Å². The molecule has 1 N–H and O–H groups in total. The van der Waals surface area contributed by atoms with Gasteiger partial charge < -0.3 is 0 Å². The predicted molar refractivity (Wildman–Crippen MR) is 72.5 cm³/mol. The minimum Gasteiger partial charge on any atom is -0.258 e. The highest BCUT2D eigenvalue weighted by Gasteiger charge is 2.08. The largest absolute Gasteiger partial charge is 0.258 e. The van der Waals surface area contributed by atoms with Crippen LogP contribution < -0.4 is 0 Å². The van der Waals surface area contributed by atoms with Crippen molar-refractivity contribution in [1.29, 1.82) is 0 Å². The quantitative estimate of drug-likeness (QED) is 0.677. The van der Waals surface area contributed by atoms with Gasteiger partial charge in [0.15, 0.2) is 5.82 Å². The fraction of sp³-hybridized carbons (Fsp3) is 0.167. The number of aromatic nitrogens is 3. The van der Waals surface area contributed by atoms with Crippen molar-refractivity contribution < 1.29 is 0 Å². The molecule has 0 fully saturated rings. The summed E-state index contributed by atoms with van der Waals surface area (Å²) in [5, 5.41) is 8.53. The van der Waals surface area contributed by atoms with Crippen molar-refractivity contribution in [2.45, 2.75) is 12.1 Å². The van der Waals surface area contributed by atoms with Crippen molar-refractivity contribution in [3.8, 4) is 11.4 Å². The molecule has 0 amide bonds. The molecule has 0 unspecified atom stereocenters. The molecular weight excluding hydrogens is 254 g/mol. The molecular formula is C12H12ClN3S. The van der Waals surface area contributed by atoms with Crippen molar-refractivity contribution >= 4 is 23.4 Å². The van der Waals surface area contributed by atoms with E-state index in [1.54, 1.807) is 11.8 Å². The fourth-order valence-corrected chi connectivity index (χ4v) is 2.22. The van der Waals surface area contributed by atoms with E-state index in [0.29, 0.717) is 0 Å². The number of hydrogen-bond acceptors (Lipinski definition) is 3. The summed E-state index contributed by atoms with van der Waals surface area (Å²) >= 11 is 7.46. The first kappa shape index (κ1) is 12.2. The number of halogens is 1. The molecule has 1 heterocycles. The van der Waals surface area contributed by atoms with Crippen molar-refractivity contribution in [2.75, 3.05) is 5.75 Å². The topological polar surface area (TPSA) is 41.6 Å². The third-order valence-corrected chi connectivity index (χ3v) is 3.32. The number of rotatable bonds is 4. The average Bonchev–Trinajstić information content (AvgIpc) is 2.75. The number of aryl methyl sites for hydroxylation is 1. The maximum absolute atomic E-state index is 5.92. The normalized spacial score (nSPS) is 10.5. The number of nitrogens with one attached hydrogen (secondary N) is 1. The van der Waals surface area contributed by atoms with Crippen LogP contribution in [0.3, 0.4) is 0 Å². The van der Waals surface area contributed by atoms with Gasteiger partial charge in [-0.15, -0.1) is 11.7 Å². The van der Waals surface area contributed by atoms with Crippen molar-refractivity contribution in [3.63, 3.8) is 0 Å². The molecule has 0 atom stereocenters. The van der Waals surface area contributed by atoms with Gasteiger partial charge in [-0.3, -0.25) is 5.10 Å². The van der Waals surface area contributed by atoms with E-state index in [1.807, 2.05) is 31.2 Å². The summed E-state index contributed by atoms with van der Waals surface area (Å²) in [7, 11) is 0. The first-order valence-corrected chi connectivity index (χ1v) is 6.49. The van der Waals surface area contributed by atoms with Crippen molar-refractivity contribution in [2.24, 2.45) is 0 Å². The minimum atomic E-state index is 0.729. The zero-order valence-electron chi connectivity index (χ0n) is 9.40. The van der Waals surface area contributed by atoms with E-state index in [2.05, 4.69) is 21.8 Å². The van der Waals surface area contributed by atoms with Crippen LogP contribution >= 0.6 is 23.4 Å². The lowest BCUT2D eigenvalue weighted by Crippen LogP contribution is -1.85. The average molecular weight is 266 g/mol. The summed E-state index contributed by atoms with van der Waals surface area (Å²) in [6.45, 7) is 5.66. The predicted octanol–water partition coefficient (Wildman–Crippen LogP) is 3.71. The van der Waals surface area contributed by atoms with Crippen molar-refractivity contribution in [1.82, 2.24) is 15.2 Å². The minimum absolute atomic E-state index is 0.729. The Hall–Kier alpha value is -1.26. The summed E-state index contributed by atoms with van der Waals surface area (Å²) in [4.78, 5) is 4.41. The number of nitrogens with zero attached hydrogens (tertiary/aromatic N) is 2. The van der Waals surface area contributed by atoms with Gasteiger partial charge in [-0.05, 0) is 30.7 Å². The molecule has 0 saturated carbocycles. The molecule has 3 nitrogen and oxygen atoms in total. The Labute approximate surface area is 109 Å². The van der Waals surface area contributed by atoms with Gasteiger partial charge in [0.2, 0.25) is 5.16 Å². The molecule has 1 aromatic carbocycles. The second-order valence-electron chi connectivity index (χ2n) is 3.53. The first-order chi connectivity index (χ1) is 8.20. The van der Waals surface area contributed by atoms with E-state index >= 15 is 0 Å². The van der Waals surface area contributed by atoms with Gasteiger partial charge in [0, 0.05) is 16.3 Å². The van der Waals surface area contributed by atoms with Gasteiger partial charge in [0.1, 0.15) is 0 Å². The van der Waals surface area contributed by atoms with Crippen molar-refractivity contribution in [3.05, 3.63) is 41.4 Å². The van der Waals surface area contributed by atoms with Crippen LogP contribution in [0.1, 0.15) is 5.56 Å². The lowest BCUT2D eigenvalue weighted by Gasteiger charge is -2.01. The molecule has 2 rings (SSSR count). The molecule has 0 aliphatic rings. The molecule has 0 aliphatic carbocycles. The second kappa shape index (κ2) is 5.38. The summed E-state index contributed by atoms with van der Waals surface area (Å²) in [5.74, 6) is 1.57. The van der Waals surface area contributed by atoms with Crippen LogP contribution in [0, 0.1) is 6.92 Å². The van der Waals surface area contributed by atoms with Crippen LogP contribution in [-0.2, 0) is 0 Å². The Morgan fingerprint density at radius 3 is 3.06 bits per heavy atom. The van der Waals surface area contributed by atoms with Crippen LogP contribution in [0.15, 0.2) is 36.0 Å². The molecule has 1 aromatic heterocycles. The molecule has 88 valence electrons. The molecule has 0 spiro atoms. The third-order valence-electron chi connectivity index (χ3n) is 2.24. The highest BCUT2D eigenvalue weighted by molar-refractivity contribution is 7.99. The fourth-order valence-electron chi connectivity index (χ4n) is 1.46. The monoisotopic (exact) mass is 265 g/mol. The number of hydrogen-bond donors (Lipinski definition) is 1. The maximum atomic E-state index is 5.92. The maximum Gasteiger partial charge on any atom is 0.209 e. The zero-order valence-corrected chi connectivity index (χ0v) is 11.0. The van der Waals surface area contributed by atoms with E-state index in [9.17, 15) is 0 Å². The van der Waals surface area contributed by atoms with Gasteiger partial charge in [-0.2, -0.15) is 0 Å². The van der Waals surface area contributed by atoms with E-state index < -0.39 is 0 Å². The smallest absolute Gasteiger partial charge is 0.209 e. The van der Waals surface area contributed by atoms with Gasteiger partial charge in [0.25, 0.3) is 0 Å². The van der Waals surface area contributed by atoms with E-state index in [4.69, 9.17) is 11.6 Å². The Morgan fingerprint density at radius 2 is 2.35 bits per heavy atom. The van der Waals surface area contributed by atoms with E-state index in [1.165, 1.54) is 0 Å². The highest BCUT2D eigenvalue weighted by Crippen LogP contribution is 2.24. The summed E-state index contributed by atoms with van der Waals surface area (Å²) in [6, 6.07) is 5.71. The molecule has 17 heavy (non-hydrogen) atoms. The molecule has 2 aromatic rings. The number of benzene rings is 1. The lowest BCUT2D eigenvalue weighted by atomic mass is 10.1. The van der Waals surface area contributed by atoms with Gasteiger partial charge in [-0.25, -0.2) is 4.98 Å². The molecule has 5 heteroatoms. The summed E-state index contributed by atoms with van der Waals surface area (Å²) in [5.41, 5.74) is 2.10. The van der Waals surface area contributed by atoms with Crippen LogP contribution in [0.4, 0.5) is 0 Å². The highest BCUT2D eigenvalue weighted by atomic mass is 35.5.